The Hall–Kier alpha value is -1.50. The fourth-order valence-corrected chi connectivity index (χ4v) is 0.893. The molecule has 0 radical (unpaired) electrons. The third-order valence-corrected chi connectivity index (χ3v) is 1.68. The van der Waals surface area contributed by atoms with E-state index in [1.165, 1.54) is 6.92 Å². The molecule has 0 aliphatic rings. The van der Waals surface area contributed by atoms with Crippen LogP contribution in [-0.2, 0) is 18.9 Å². The average molecular weight is 278 g/mol. The van der Waals surface area contributed by atoms with Crippen LogP contribution in [0.1, 0.15) is 34.6 Å². The van der Waals surface area contributed by atoms with E-state index in [2.05, 4.69) is 4.74 Å². The molecule has 0 fully saturated rings. The second-order valence-corrected chi connectivity index (χ2v) is 5.06. The Morgan fingerprint density at radius 1 is 1.05 bits per heavy atom. The Morgan fingerprint density at radius 3 is 2.05 bits per heavy atom. The number of aliphatic hydroxyl groups excluding tert-OH is 1. The standard InChI is InChI=1S/C12H22O7/c1-8(6-13)17-10(14)16-7-9(2)18-11(15)19-12(3,4)5/h8-9,13H,6-7H2,1-5H3. The highest BCUT2D eigenvalue weighted by molar-refractivity contribution is 5.61. The van der Waals surface area contributed by atoms with Crippen molar-refractivity contribution in [1.29, 1.82) is 0 Å². The first-order valence-corrected chi connectivity index (χ1v) is 5.98. The van der Waals surface area contributed by atoms with Gasteiger partial charge in [0.05, 0.1) is 6.61 Å². The molecule has 0 aromatic heterocycles. The maximum Gasteiger partial charge on any atom is 0.509 e. The molecule has 7 nitrogen and oxygen atoms in total. The van der Waals surface area contributed by atoms with Crippen molar-refractivity contribution in [3.05, 3.63) is 0 Å². The lowest BCUT2D eigenvalue weighted by Gasteiger charge is -2.21. The Morgan fingerprint density at radius 2 is 1.58 bits per heavy atom. The fraction of sp³-hybridized carbons (Fsp3) is 0.833. The topological polar surface area (TPSA) is 91.3 Å². The second kappa shape index (κ2) is 7.83. The monoisotopic (exact) mass is 278 g/mol. The van der Waals surface area contributed by atoms with Crippen LogP contribution in [0.5, 0.6) is 0 Å². The summed E-state index contributed by atoms with van der Waals surface area (Å²) in [4.78, 5) is 22.4. The van der Waals surface area contributed by atoms with Gasteiger partial charge in [-0.25, -0.2) is 9.59 Å². The summed E-state index contributed by atoms with van der Waals surface area (Å²) in [6, 6.07) is 0. The van der Waals surface area contributed by atoms with Gasteiger partial charge in [-0.3, -0.25) is 0 Å². The Labute approximate surface area is 112 Å². The van der Waals surface area contributed by atoms with E-state index in [4.69, 9.17) is 19.3 Å². The third kappa shape index (κ3) is 10.1. The van der Waals surface area contributed by atoms with Crippen molar-refractivity contribution in [2.75, 3.05) is 13.2 Å². The molecule has 0 saturated carbocycles. The van der Waals surface area contributed by atoms with Crippen molar-refractivity contribution in [3.8, 4) is 0 Å². The molecule has 2 atom stereocenters. The highest BCUT2D eigenvalue weighted by Crippen LogP contribution is 2.09. The molecular formula is C12H22O7. The van der Waals surface area contributed by atoms with Gasteiger partial charge in [0.25, 0.3) is 0 Å². The molecule has 0 heterocycles. The lowest BCUT2D eigenvalue weighted by Crippen LogP contribution is -2.29. The average Bonchev–Trinajstić information content (AvgIpc) is 2.23. The first-order chi connectivity index (χ1) is 8.64. The number of hydrogen-bond acceptors (Lipinski definition) is 7. The van der Waals surface area contributed by atoms with Gasteiger partial charge in [-0.2, -0.15) is 0 Å². The van der Waals surface area contributed by atoms with Crippen molar-refractivity contribution >= 4 is 12.3 Å². The second-order valence-electron chi connectivity index (χ2n) is 5.06. The lowest BCUT2D eigenvalue weighted by atomic mass is 10.2. The van der Waals surface area contributed by atoms with Crippen LogP contribution in [0.25, 0.3) is 0 Å². The third-order valence-electron chi connectivity index (χ3n) is 1.68. The van der Waals surface area contributed by atoms with E-state index in [1.807, 2.05) is 0 Å². The fourth-order valence-electron chi connectivity index (χ4n) is 0.893. The van der Waals surface area contributed by atoms with Gasteiger partial charge in [-0.05, 0) is 34.6 Å². The number of ether oxygens (including phenoxy) is 4. The van der Waals surface area contributed by atoms with Crippen LogP contribution in [0.3, 0.4) is 0 Å². The molecule has 7 heteroatoms. The molecule has 0 rings (SSSR count). The summed E-state index contributed by atoms with van der Waals surface area (Å²) in [6.07, 6.45) is -3.07. The summed E-state index contributed by atoms with van der Waals surface area (Å²) in [6.45, 7) is 7.75. The highest BCUT2D eigenvalue weighted by Gasteiger charge is 2.20. The molecule has 0 spiro atoms. The van der Waals surface area contributed by atoms with Crippen LogP contribution in [-0.4, -0.2) is 48.4 Å². The molecular weight excluding hydrogens is 256 g/mol. The summed E-state index contributed by atoms with van der Waals surface area (Å²) in [5.41, 5.74) is -0.646. The molecule has 19 heavy (non-hydrogen) atoms. The van der Waals surface area contributed by atoms with Gasteiger partial charge in [0.2, 0.25) is 0 Å². The normalized spacial score (nSPS) is 14.2. The van der Waals surface area contributed by atoms with Crippen molar-refractivity contribution < 1.29 is 33.6 Å². The minimum atomic E-state index is -0.929. The van der Waals surface area contributed by atoms with Crippen LogP contribution in [0.4, 0.5) is 9.59 Å². The van der Waals surface area contributed by atoms with Gasteiger partial charge in [0.1, 0.15) is 24.4 Å². The maximum atomic E-state index is 11.3. The molecule has 112 valence electrons. The van der Waals surface area contributed by atoms with Crippen molar-refractivity contribution in [2.24, 2.45) is 0 Å². The number of carbonyl (C=O) groups is 2. The van der Waals surface area contributed by atoms with Crippen LogP contribution < -0.4 is 0 Å². The van der Waals surface area contributed by atoms with Gasteiger partial charge in [0, 0.05) is 0 Å². The van der Waals surface area contributed by atoms with Gasteiger partial charge >= 0.3 is 12.3 Å². The maximum absolute atomic E-state index is 11.3. The Bertz CT molecular complexity index is 295. The number of carbonyl (C=O) groups excluding carboxylic acids is 2. The SMILES string of the molecule is CC(CO)OC(=O)OCC(C)OC(=O)OC(C)(C)C. The zero-order valence-corrected chi connectivity index (χ0v) is 12.0. The summed E-state index contributed by atoms with van der Waals surface area (Å²) in [5.74, 6) is 0. The predicted molar refractivity (Wildman–Crippen MR) is 65.8 cm³/mol. The van der Waals surface area contributed by atoms with E-state index in [0.717, 1.165) is 0 Å². The van der Waals surface area contributed by atoms with Crippen LogP contribution in [0.2, 0.25) is 0 Å². The van der Waals surface area contributed by atoms with Gasteiger partial charge in [-0.1, -0.05) is 0 Å². The minimum Gasteiger partial charge on any atom is -0.430 e. The molecule has 0 saturated heterocycles. The lowest BCUT2D eigenvalue weighted by molar-refractivity contribution is -0.0464. The van der Waals surface area contributed by atoms with E-state index in [0.29, 0.717) is 0 Å². The van der Waals surface area contributed by atoms with Gasteiger partial charge in [-0.15, -0.1) is 0 Å². The zero-order chi connectivity index (χ0) is 15.1. The van der Waals surface area contributed by atoms with Crippen molar-refractivity contribution in [1.82, 2.24) is 0 Å². The smallest absolute Gasteiger partial charge is 0.430 e. The molecule has 0 aromatic carbocycles. The van der Waals surface area contributed by atoms with E-state index in [-0.39, 0.29) is 13.2 Å². The summed E-state index contributed by atoms with van der Waals surface area (Å²) < 4.78 is 19.2. The molecule has 0 bridgehead atoms. The van der Waals surface area contributed by atoms with E-state index < -0.39 is 30.1 Å². The van der Waals surface area contributed by atoms with E-state index >= 15 is 0 Å². The number of rotatable bonds is 5. The molecule has 0 aliphatic heterocycles. The Balaban J connectivity index is 3.89. The molecule has 0 amide bonds. The zero-order valence-electron chi connectivity index (χ0n) is 12.0. The van der Waals surface area contributed by atoms with E-state index in [1.54, 1.807) is 27.7 Å². The molecule has 1 N–H and O–H groups in total. The van der Waals surface area contributed by atoms with Crippen LogP contribution >= 0.6 is 0 Å². The number of hydrogen-bond donors (Lipinski definition) is 1. The Kier molecular flexibility index (Phi) is 7.21. The van der Waals surface area contributed by atoms with Crippen LogP contribution in [0.15, 0.2) is 0 Å². The highest BCUT2D eigenvalue weighted by atomic mass is 16.8. The minimum absolute atomic E-state index is 0.157. The van der Waals surface area contributed by atoms with Gasteiger partial charge in [0.15, 0.2) is 0 Å². The van der Waals surface area contributed by atoms with Crippen LogP contribution in [0, 0.1) is 0 Å². The van der Waals surface area contributed by atoms with Crippen molar-refractivity contribution in [3.63, 3.8) is 0 Å². The largest absolute Gasteiger partial charge is 0.509 e. The summed E-state index contributed by atoms with van der Waals surface area (Å²) >= 11 is 0. The molecule has 2 unspecified atom stereocenters. The molecule has 0 aliphatic carbocycles. The van der Waals surface area contributed by atoms with Crippen molar-refractivity contribution in [2.45, 2.75) is 52.4 Å². The summed E-state index contributed by atoms with van der Waals surface area (Å²) in [5, 5.41) is 8.67. The van der Waals surface area contributed by atoms with E-state index in [9.17, 15) is 9.59 Å². The first kappa shape index (κ1) is 17.5. The quantitative estimate of drug-likeness (QED) is 0.767. The predicted octanol–water partition coefficient (Wildman–Crippen LogP) is 1.86. The number of aliphatic hydroxyl groups is 1. The van der Waals surface area contributed by atoms with Gasteiger partial charge < -0.3 is 24.1 Å². The molecule has 0 aromatic rings. The summed E-state index contributed by atoms with van der Waals surface area (Å²) in [7, 11) is 0. The first-order valence-electron chi connectivity index (χ1n) is 5.98.